The molecular weight excluding hydrogens is 453 g/mol. The summed E-state index contributed by atoms with van der Waals surface area (Å²) in [6.07, 6.45) is 9.66. The van der Waals surface area contributed by atoms with E-state index in [0.29, 0.717) is 0 Å². The van der Waals surface area contributed by atoms with Crippen LogP contribution in [0.15, 0.2) is 85.7 Å². The molecule has 8 heteroatoms. The number of aromatic nitrogens is 6. The maximum absolute atomic E-state index is 13.9. The monoisotopic (exact) mass is 475 g/mol. The van der Waals surface area contributed by atoms with Gasteiger partial charge in [-0.2, -0.15) is 5.10 Å². The molecule has 6 rings (SSSR count). The van der Waals surface area contributed by atoms with Gasteiger partial charge in [-0.3, -0.25) is 20.1 Å². The number of halogens is 1. The zero-order valence-corrected chi connectivity index (χ0v) is 19.5. The highest BCUT2D eigenvalue weighted by molar-refractivity contribution is 6.01. The standard InChI is InChI=1S/C28H22FN7/c1-3-16(2)33-20-8-18(11-30-12-20)24-10-22-27(15-32-24)35-36-28(22)25-9-21-23(13-31-14-26(21)34-25)17-5-4-6-19(29)7-17/h4-15,33-34H,2-3H2,1H3,(H,35,36). The number of pyridine rings is 3. The van der Waals surface area contributed by atoms with Gasteiger partial charge in [-0.25, -0.2) is 4.39 Å². The second-order valence-electron chi connectivity index (χ2n) is 8.57. The summed E-state index contributed by atoms with van der Waals surface area (Å²) in [7, 11) is 0. The maximum atomic E-state index is 13.9. The van der Waals surface area contributed by atoms with E-state index in [1.54, 1.807) is 37.1 Å². The summed E-state index contributed by atoms with van der Waals surface area (Å²) in [5.74, 6) is -0.286. The summed E-state index contributed by atoms with van der Waals surface area (Å²) in [6, 6.07) is 12.5. The summed E-state index contributed by atoms with van der Waals surface area (Å²) in [5.41, 5.74) is 8.30. The molecule has 0 aliphatic rings. The number of H-pyrrole nitrogens is 2. The molecule has 0 amide bonds. The molecule has 0 spiro atoms. The van der Waals surface area contributed by atoms with Crippen molar-refractivity contribution in [2.75, 3.05) is 5.32 Å². The summed E-state index contributed by atoms with van der Waals surface area (Å²) in [5, 5.41) is 12.8. The van der Waals surface area contributed by atoms with Crippen LogP contribution in [0.4, 0.5) is 10.1 Å². The number of nitrogens with one attached hydrogen (secondary N) is 3. The van der Waals surface area contributed by atoms with E-state index < -0.39 is 0 Å². The molecule has 0 aliphatic heterocycles. The molecule has 0 radical (unpaired) electrons. The van der Waals surface area contributed by atoms with Crippen LogP contribution in [0, 0.1) is 5.82 Å². The number of rotatable bonds is 6. The Kier molecular flexibility index (Phi) is 5.26. The number of nitrogens with zero attached hydrogens (tertiary/aromatic N) is 4. The van der Waals surface area contributed by atoms with Crippen molar-refractivity contribution in [3.63, 3.8) is 0 Å². The normalized spacial score (nSPS) is 11.3. The molecule has 0 atom stereocenters. The van der Waals surface area contributed by atoms with Crippen molar-refractivity contribution >= 4 is 27.5 Å². The number of anilines is 1. The highest BCUT2D eigenvalue weighted by Crippen LogP contribution is 2.34. The van der Waals surface area contributed by atoms with Gasteiger partial charge in [0.15, 0.2) is 0 Å². The zero-order chi connectivity index (χ0) is 24.6. The lowest BCUT2D eigenvalue weighted by Crippen LogP contribution is -1.97. The van der Waals surface area contributed by atoms with Crippen LogP contribution >= 0.6 is 0 Å². The minimum atomic E-state index is -0.286. The molecule has 6 aromatic rings. The minimum Gasteiger partial charge on any atom is -0.358 e. The van der Waals surface area contributed by atoms with Crippen LogP contribution in [0.5, 0.6) is 0 Å². The van der Waals surface area contributed by atoms with Gasteiger partial charge in [-0.05, 0) is 42.3 Å². The molecule has 0 saturated carbocycles. The van der Waals surface area contributed by atoms with Crippen molar-refractivity contribution in [1.29, 1.82) is 0 Å². The molecule has 5 aromatic heterocycles. The molecule has 0 unspecified atom stereocenters. The van der Waals surface area contributed by atoms with Gasteiger partial charge in [0.05, 0.1) is 46.7 Å². The van der Waals surface area contributed by atoms with Crippen molar-refractivity contribution in [2.24, 2.45) is 0 Å². The van der Waals surface area contributed by atoms with Gasteiger partial charge in [-0.15, -0.1) is 0 Å². The molecule has 3 N–H and O–H groups in total. The van der Waals surface area contributed by atoms with Crippen LogP contribution in [0.3, 0.4) is 0 Å². The Balaban J connectivity index is 1.43. The zero-order valence-electron chi connectivity index (χ0n) is 19.5. The van der Waals surface area contributed by atoms with Crippen molar-refractivity contribution in [3.05, 3.63) is 91.5 Å². The van der Waals surface area contributed by atoms with Gasteiger partial charge >= 0.3 is 0 Å². The molecule has 0 aliphatic carbocycles. The van der Waals surface area contributed by atoms with Crippen molar-refractivity contribution < 1.29 is 4.39 Å². The van der Waals surface area contributed by atoms with Crippen molar-refractivity contribution in [2.45, 2.75) is 13.3 Å². The lowest BCUT2D eigenvalue weighted by molar-refractivity contribution is 0.628. The Hall–Kier alpha value is -4.85. The molecule has 176 valence electrons. The minimum absolute atomic E-state index is 0.286. The quantitative estimate of drug-likeness (QED) is 0.249. The molecule has 0 saturated heterocycles. The third-order valence-electron chi connectivity index (χ3n) is 6.17. The predicted octanol–water partition coefficient (Wildman–Crippen LogP) is 6.70. The van der Waals surface area contributed by atoms with Gasteiger partial charge in [0.2, 0.25) is 0 Å². The molecule has 0 fully saturated rings. The number of aromatic amines is 2. The second-order valence-corrected chi connectivity index (χ2v) is 8.57. The van der Waals surface area contributed by atoms with Gasteiger partial charge in [0, 0.05) is 40.0 Å². The molecular formula is C28H22FN7. The third kappa shape index (κ3) is 3.88. The van der Waals surface area contributed by atoms with Crippen LogP contribution < -0.4 is 5.32 Å². The number of hydrogen-bond donors (Lipinski definition) is 3. The van der Waals surface area contributed by atoms with Crippen molar-refractivity contribution in [3.8, 4) is 33.8 Å². The number of benzene rings is 1. The van der Waals surface area contributed by atoms with E-state index in [2.05, 4.69) is 42.0 Å². The maximum Gasteiger partial charge on any atom is 0.123 e. The average molecular weight is 476 g/mol. The SMILES string of the molecule is C=C(CC)Nc1cncc(-c2cc3c(-c4cc5c(-c6cccc(F)c6)cncc5[nH]4)n[nH]c3cn2)c1. The average Bonchev–Trinajstić information content (AvgIpc) is 3.52. The first kappa shape index (κ1) is 21.7. The van der Waals surface area contributed by atoms with Gasteiger partial charge in [-0.1, -0.05) is 25.6 Å². The lowest BCUT2D eigenvalue weighted by Gasteiger charge is -2.08. The molecule has 7 nitrogen and oxygen atoms in total. The summed E-state index contributed by atoms with van der Waals surface area (Å²) in [6.45, 7) is 6.05. The molecule has 5 heterocycles. The Morgan fingerprint density at radius 1 is 0.944 bits per heavy atom. The highest BCUT2D eigenvalue weighted by Gasteiger charge is 2.15. The van der Waals surface area contributed by atoms with Gasteiger partial charge in [0.25, 0.3) is 0 Å². The summed E-state index contributed by atoms with van der Waals surface area (Å²) < 4.78 is 13.9. The fraction of sp³-hybridized carbons (Fsp3) is 0.0714. The Bertz CT molecular complexity index is 1750. The largest absolute Gasteiger partial charge is 0.358 e. The van der Waals surface area contributed by atoms with E-state index >= 15 is 0 Å². The number of fused-ring (bicyclic) bond motifs is 2. The van der Waals surface area contributed by atoms with Crippen molar-refractivity contribution in [1.82, 2.24) is 30.1 Å². The van der Waals surface area contributed by atoms with Crippen LogP contribution in [0.2, 0.25) is 0 Å². The fourth-order valence-corrected chi connectivity index (χ4v) is 4.29. The number of hydrogen-bond acceptors (Lipinski definition) is 5. The Morgan fingerprint density at radius 2 is 1.83 bits per heavy atom. The fourth-order valence-electron chi connectivity index (χ4n) is 4.29. The first-order chi connectivity index (χ1) is 17.6. The summed E-state index contributed by atoms with van der Waals surface area (Å²) >= 11 is 0. The van der Waals surface area contributed by atoms with Gasteiger partial charge in [0.1, 0.15) is 11.5 Å². The van der Waals surface area contributed by atoms with Crippen LogP contribution in [0.25, 0.3) is 55.6 Å². The van der Waals surface area contributed by atoms with E-state index in [9.17, 15) is 4.39 Å². The van der Waals surface area contributed by atoms with E-state index in [0.717, 1.165) is 73.4 Å². The van der Waals surface area contributed by atoms with Crippen LogP contribution in [0.1, 0.15) is 13.3 Å². The number of allylic oxidation sites excluding steroid dienone is 1. The van der Waals surface area contributed by atoms with Crippen LogP contribution in [-0.4, -0.2) is 30.1 Å². The second kappa shape index (κ2) is 8.74. The van der Waals surface area contributed by atoms with E-state index in [1.165, 1.54) is 12.1 Å². The molecule has 36 heavy (non-hydrogen) atoms. The lowest BCUT2D eigenvalue weighted by atomic mass is 10.0. The molecule has 0 bridgehead atoms. The topological polar surface area (TPSA) is 95.2 Å². The summed E-state index contributed by atoms with van der Waals surface area (Å²) in [4.78, 5) is 16.7. The highest BCUT2D eigenvalue weighted by atomic mass is 19.1. The Labute approximate surface area is 206 Å². The van der Waals surface area contributed by atoms with Crippen LogP contribution in [-0.2, 0) is 0 Å². The molecule has 1 aromatic carbocycles. The third-order valence-corrected chi connectivity index (χ3v) is 6.17. The first-order valence-electron chi connectivity index (χ1n) is 11.6. The van der Waals surface area contributed by atoms with Gasteiger partial charge < -0.3 is 10.3 Å². The van der Waals surface area contributed by atoms with E-state index in [-0.39, 0.29) is 5.82 Å². The predicted molar refractivity (Wildman–Crippen MR) is 141 cm³/mol. The first-order valence-corrected chi connectivity index (χ1v) is 11.6. The Morgan fingerprint density at radius 3 is 2.69 bits per heavy atom. The smallest absolute Gasteiger partial charge is 0.123 e. The van der Waals surface area contributed by atoms with E-state index in [4.69, 9.17) is 0 Å². The van der Waals surface area contributed by atoms with E-state index in [1.807, 2.05) is 31.2 Å².